The second-order valence-electron chi connectivity index (χ2n) is 2.98. The normalized spacial score (nSPS) is 10.3. The molecule has 7 heteroatoms. The first-order valence-electron chi connectivity index (χ1n) is 5.24. The van der Waals surface area contributed by atoms with Gasteiger partial charge in [-0.2, -0.15) is 5.26 Å². The van der Waals surface area contributed by atoms with Crippen LogP contribution in [0.2, 0.25) is 0 Å². The first-order valence-corrected chi connectivity index (χ1v) is 6.23. The first kappa shape index (κ1) is 16.2. The molecule has 0 aromatic heterocycles. The zero-order valence-electron chi connectivity index (χ0n) is 10.1. The minimum Gasteiger partial charge on any atom is -0.466 e. The van der Waals surface area contributed by atoms with Gasteiger partial charge < -0.3 is 4.74 Å². The summed E-state index contributed by atoms with van der Waals surface area (Å²) in [5.74, 6) is -0.755. The molecule has 0 heterocycles. The van der Waals surface area contributed by atoms with E-state index in [4.69, 9.17) is 5.26 Å². The summed E-state index contributed by atoms with van der Waals surface area (Å²) in [5, 5.41) is 11.2. The third kappa shape index (κ3) is 8.35. The molecule has 0 aliphatic carbocycles. The molecular weight excluding hydrogens is 254 g/mol. The zero-order chi connectivity index (χ0) is 13.8. The molecule has 0 aliphatic rings. The van der Waals surface area contributed by atoms with Gasteiger partial charge in [0.15, 0.2) is 17.1 Å². The predicted octanol–water partition coefficient (Wildman–Crippen LogP) is 0.855. The number of aliphatic imine (C=N–C) groups is 1. The van der Waals surface area contributed by atoms with E-state index in [0.717, 1.165) is 11.8 Å². The number of ether oxygens (including phenoxy) is 1. The SMILES string of the molecule is C=CCN=C(NC#N)SCC(=O)CC(=O)OCC. The molecule has 0 unspecified atom stereocenters. The number of Topliss-reactive ketones (excluding diaryl/α,β-unsaturated/α-hetero) is 1. The molecule has 6 nitrogen and oxygen atoms in total. The van der Waals surface area contributed by atoms with Crippen molar-refractivity contribution in [3.05, 3.63) is 12.7 Å². The third-order valence-electron chi connectivity index (χ3n) is 1.54. The van der Waals surface area contributed by atoms with E-state index in [1.54, 1.807) is 19.2 Å². The van der Waals surface area contributed by atoms with Crippen molar-refractivity contribution in [2.24, 2.45) is 4.99 Å². The number of ketones is 1. The number of esters is 1. The minimum atomic E-state index is -0.541. The summed E-state index contributed by atoms with van der Waals surface area (Å²) in [5.41, 5.74) is 0. The van der Waals surface area contributed by atoms with Crippen molar-refractivity contribution >= 4 is 28.7 Å². The van der Waals surface area contributed by atoms with Crippen LogP contribution in [-0.4, -0.2) is 35.8 Å². The van der Waals surface area contributed by atoms with Crippen LogP contribution in [0.15, 0.2) is 17.6 Å². The topological polar surface area (TPSA) is 91.5 Å². The first-order chi connectivity index (χ1) is 8.63. The highest BCUT2D eigenvalue weighted by atomic mass is 32.2. The maximum Gasteiger partial charge on any atom is 0.313 e. The van der Waals surface area contributed by atoms with Gasteiger partial charge in [0.2, 0.25) is 0 Å². The molecule has 0 fully saturated rings. The molecule has 0 saturated carbocycles. The number of carbonyl (C=O) groups is 2. The van der Waals surface area contributed by atoms with Gasteiger partial charge >= 0.3 is 5.97 Å². The lowest BCUT2D eigenvalue weighted by molar-refractivity contribution is -0.145. The molecule has 0 atom stereocenters. The van der Waals surface area contributed by atoms with Gasteiger partial charge in [-0.3, -0.25) is 19.9 Å². The number of thioether (sulfide) groups is 1. The Labute approximate surface area is 110 Å². The molecule has 98 valence electrons. The van der Waals surface area contributed by atoms with Gasteiger partial charge in [0.1, 0.15) is 6.42 Å². The Bertz CT molecular complexity index is 374. The summed E-state index contributed by atoms with van der Waals surface area (Å²) in [4.78, 5) is 26.4. The Morgan fingerprint density at radius 1 is 1.61 bits per heavy atom. The smallest absolute Gasteiger partial charge is 0.313 e. The Morgan fingerprint density at radius 3 is 2.89 bits per heavy atom. The van der Waals surface area contributed by atoms with Gasteiger partial charge in [0, 0.05) is 0 Å². The van der Waals surface area contributed by atoms with Crippen LogP contribution in [0.4, 0.5) is 0 Å². The summed E-state index contributed by atoms with van der Waals surface area (Å²) in [6.07, 6.45) is 3.03. The number of hydrogen-bond acceptors (Lipinski definition) is 6. The van der Waals surface area contributed by atoms with E-state index in [0.29, 0.717) is 11.7 Å². The Hall–Kier alpha value is -1.81. The summed E-state index contributed by atoms with van der Waals surface area (Å²) < 4.78 is 4.65. The number of amidine groups is 1. The molecule has 0 amide bonds. The van der Waals surface area contributed by atoms with Crippen LogP contribution < -0.4 is 5.32 Å². The zero-order valence-corrected chi connectivity index (χ0v) is 11.0. The summed E-state index contributed by atoms with van der Waals surface area (Å²) >= 11 is 1.07. The van der Waals surface area contributed by atoms with Gasteiger partial charge in [-0.1, -0.05) is 17.8 Å². The average Bonchev–Trinajstić information content (AvgIpc) is 2.33. The van der Waals surface area contributed by atoms with Gasteiger partial charge in [-0.15, -0.1) is 6.58 Å². The van der Waals surface area contributed by atoms with Crippen LogP contribution >= 0.6 is 11.8 Å². The lowest BCUT2D eigenvalue weighted by Gasteiger charge is -2.03. The highest BCUT2D eigenvalue weighted by Crippen LogP contribution is 2.04. The molecule has 0 saturated heterocycles. The number of carbonyl (C=O) groups excluding carboxylic acids is 2. The molecule has 1 N–H and O–H groups in total. The van der Waals surface area contributed by atoms with E-state index < -0.39 is 5.97 Å². The van der Waals surface area contributed by atoms with Crippen LogP contribution in [0.25, 0.3) is 0 Å². The molecule has 0 spiro atoms. The second-order valence-corrected chi connectivity index (χ2v) is 3.94. The van der Waals surface area contributed by atoms with Crippen molar-refractivity contribution in [3.8, 4) is 6.19 Å². The van der Waals surface area contributed by atoms with Gasteiger partial charge in [0.25, 0.3) is 0 Å². The standard InChI is InChI=1S/C11H15N3O3S/c1-3-5-13-11(14-8-12)18-7-9(15)6-10(16)17-4-2/h3H,1,4-7H2,2H3,(H,13,14). The average molecular weight is 269 g/mol. The fourth-order valence-electron chi connectivity index (χ4n) is 0.889. The molecule has 0 rings (SSSR count). The quantitative estimate of drug-likeness (QED) is 0.140. The summed E-state index contributed by atoms with van der Waals surface area (Å²) in [6, 6.07) is 0. The van der Waals surface area contributed by atoms with E-state index in [1.807, 2.05) is 0 Å². The van der Waals surface area contributed by atoms with Crippen molar-refractivity contribution in [1.82, 2.24) is 5.32 Å². The van der Waals surface area contributed by atoms with Crippen molar-refractivity contribution in [2.45, 2.75) is 13.3 Å². The lowest BCUT2D eigenvalue weighted by atomic mass is 10.3. The number of rotatable bonds is 7. The molecule has 0 aliphatic heterocycles. The maximum atomic E-state index is 11.4. The third-order valence-corrected chi connectivity index (χ3v) is 2.51. The molecular formula is C11H15N3O3S. The van der Waals surface area contributed by atoms with Gasteiger partial charge in [-0.05, 0) is 6.92 Å². The number of nitrogens with zero attached hydrogens (tertiary/aromatic N) is 2. The van der Waals surface area contributed by atoms with Crippen molar-refractivity contribution in [1.29, 1.82) is 5.26 Å². The molecule has 18 heavy (non-hydrogen) atoms. The van der Waals surface area contributed by atoms with Crippen LogP contribution in [0.3, 0.4) is 0 Å². The second kappa shape index (κ2) is 10.4. The number of nitrogens with one attached hydrogen (secondary N) is 1. The Balaban J connectivity index is 4.11. The number of nitriles is 1. The molecule has 0 radical (unpaired) electrons. The van der Waals surface area contributed by atoms with Crippen LogP contribution in [0, 0.1) is 11.5 Å². The van der Waals surface area contributed by atoms with Crippen molar-refractivity contribution < 1.29 is 14.3 Å². The monoisotopic (exact) mass is 269 g/mol. The molecule has 0 bridgehead atoms. The highest BCUT2D eigenvalue weighted by Gasteiger charge is 2.11. The van der Waals surface area contributed by atoms with E-state index >= 15 is 0 Å². The fourth-order valence-corrected chi connectivity index (χ4v) is 1.57. The maximum absolute atomic E-state index is 11.4. The minimum absolute atomic E-state index is 0.0590. The van der Waals surface area contributed by atoms with E-state index in [-0.39, 0.29) is 24.6 Å². The van der Waals surface area contributed by atoms with Crippen molar-refractivity contribution in [2.75, 3.05) is 18.9 Å². The van der Waals surface area contributed by atoms with Crippen molar-refractivity contribution in [3.63, 3.8) is 0 Å². The summed E-state index contributed by atoms with van der Waals surface area (Å²) in [6.45, 7) is 5.77. The van der Waals surface area contributed by atoms with Crippen LogP contribution in [-0.2, 0) is 14.3 Å². The molecule has 0 aromatic rings. The highest BCUT2D eigenvalue weighted by molar-refractivity contribution is 8.14. The van der Waals surface area contributed by atoms with E-state index in [2.05, 4.69) is 21.6 Å². The van der Waals surface area contributed by atoms with E-state index in [9.17, 15) is 9.59 Å². The van der Waals surface area contributed by atoms with E-state index in [1.165, 1.54) is 0 Å². The van der Waals surface area contributed by atoms with Crippen LogP contribution in [0.1, 0.15) is 13.3 Å². The fraction of sp³-hybridized carbons (Fsp3) is 0.455. The summed E-state index contributed by atoms with van der Waals surface area (Å²) in [7, 11) is 0. The van der Waals surface area contributed by atoms with Gasteiger partial charge in [0.05, 0.1) is 18.9 Å². The molecule has 0 aromatic carbocycles. The van der Waals surface area contributed by atoms with Crippen LogP contribution in [0.5, 0.6) is 0 Å². The number of hydrogen-bond donors (Lipinski definition) is 1. The van der Waals surface area contributed by atoms with Gasteiger partial charge in [-0.25, -0.2) is 0 Å². The Kier molecular flexibility index (Phi) is 9.31. The Morgan fingerprint density at radius 2 is 2.33 bits per heavy atom. The largest absolute Gasteiger partial charge is 0.466 e. The predicted molar refractivity (Wildman–Crippen MR) is 70.0 cm³/mol. The lowest BCUT2D eigenvalue weighted by Crippen LogP contribution is -2.18.